The van der Waals surface area contributed by atoms with Crippen LogP contribution in [-0.4, -0.2) is 47.2 Å². The van der Waals surface area contributed by atoms with Crippen LogP contribution < -0.4 is 15.5 Å². The van der Waals surface area contributed by atoms with Gasteiger partial charge < -0.3 is 20.3 Å². The van der Waals surface area contributed by atoms with E-state index in [4.69, 9.17) is 4.74 Å². The first kappa shape index (κ1) is 19.9. The van der Waals surface area contributed by atoms with Crippen molar-refractivity contribution in [2.45, 2.75) is 26.7 Å². The fourth-order valence-electron chi connectivity index (χ4n) is 2.82. The third kappa shape index (κ3) is 4.89. The quantitative estimate of drug-likeness (QED) is 0.808. The highest BCUT2D eigenvalue weighted by Crippen LogP contribution is 2.32. The van der Waals surface area contributed by atoms with Crippen LogP contribution in [0, 0.1) is 6.92 Å². The van der Waals surface area contributed by atoms with Crippen molar-refractivity contribution in [3.8, 4) is 0 Å². The van der Waals surface area contributed by atoms with Gasteiger partial charge in [-0.3, -0.25) is 4.79 Å². The van der Waals surface area contributed by atoms with Crippen LogP contribution >= 0.6 is 0 Å². The normalized spacial score (nSPS) is 14.7. The zero-order valence-electron chi connectivity index (χ0n) is 15.9. The van der Waals surface area contributed by atoms with Gasteiger partial charge >= 0.3 is 5.92 Å². The first-order chi connectivity index (χ1) is 13.2. The Morgan fingerprint density at radius 1 is 1.21 bits per heavy atom. The Balaban J connectivity index is 1.98. The van der Waals surface area contributed by atoms with Gasteiger partial charge in [-0.25, -0.2) is 15.0 Å². The Hall–Kier alpha value is -2.88. The fourth-order valence-corrected chi connectivity index (χ4v) is 2.82. The van der Waals surface area contributed by atoms with Gasteiger partial charge in [0, 0.05) is 44.8 Å². The fraction of sp³-hybridized carbons (Fsp3) is 0.444. The molecule has 2 N–H and O–H groups in total. The van der Waals surface area contributed by atoms with Gasteiger partial charge in [-0.1, -0.05) is 0 Å². The molecule has 2 aromatic heterocycles. The Bertz CT molecular complexity index is 866. The topological polar surface area (TPSA) is 92.3 Å². The summed E-state index contributed by atoms with van der Waals surface area (Å²) in [6.07, 6.45) is 1.63. The van der Waals surface area contributed by atoms with Gasteiger partial charge in [0.25, 0.3) is 0 Å². The highest BCUT2D eigenvalue weighted by atomic mass is 19.3. The van der Waals surface area contributed by atoms with Crippen molar-refractivity contribution < 1.29 is 18.3 Å². The first-order valence-corrected chi connectivity index (χ1v) is 8.84. The molecule has 0 unspecified atom stereocenters. The molecular weight excluding hydrogens is 370 g/mol. The molecule has 0 radical (unpaired) electrons. The molecule has 1 amide bonds. The molecule has 8 nitrogen and oxygen atoms in total. The molecule has 0 aliphatic carbocycles. The number of carbonyl (C=O) groups excluding carboxylic acids is 1. The standard InChI is InChI=1S/C18H22F2N6O2/c1-11-8-16(25-17(22-11)18(3,19)20)24-13-9-15(23-12(2)27)21-10-14(13)26-4-6-28-7-5-26/h8-10H,4-7H2,1-3H3,(H2,21,22,23,24,25,27). The summed E-state index contributed by atoms with van der Waals surface area (Å²) in [6.45, 7) is 6.24. The molecule has 2 aromatic rings. The molecule has 1 aliphatic rings. The lowest BCUT2D eigenvalue weighted by Gasteiger charge is -2.30. The minimum absolute atomic E-state index is 0.235. The maximum Gasteiger partial charge on any atom is 0.303 e. The largest absolute Gasteiger partial charge is 0.378 e. The Kier molecular flexibility index (Phi) is 5.68. The van der Waals surface area contributed by atoms with Crippen LogP contribution in [0.5, 0.6) is 0 Å². The average Bonchev–Trinajstić information content (AvgIpc) is 2.61. The van der Waals surface area contributed by atoms with E-state index in [-0.39, 0.29) is 11.7 Å². The maximum atomic E-state index is 13.7. The molecule has 0 aromatic carbocycles. The van der Waals surface area contributed by atoms with Crippen LogP contribution in [0.25, 0.3) is 0 Å². The number of ether oxygens (including phenoxy) is 1. The van der Waals surface area contributed by atoms with Crippen LogP contribution in [0.2, 0.25) is 0 Å². The molecule has 150 valence electrons. The van der Waals surface area contributed by atoms with Gasteiger partial charge in [0.2, 0.25) is 11.7 Å². The van der Waals surface area contributed by atoms with E-state index in [2.05, 4.69) is 30.5 Å². The summed E-state index contributed by atoms with van der Waals surface area (Å²) in [5.41, 5.74) is 1.76. The maximum absolute atomic E-state index is 13.7. The molecule has 10 heteroatoms. The second-order valence-corrected chi connectivity index (χ2v) is 6.60. The molecule has 1 aliphatic heterocycles. The van der Waals surface area contributed by atoms with Gasteiger partial charge in [0.15, 0.2) is 0 Å². The van der Waals surface area contributed by atoms with E-state index in [0.717, 1.165) is 12.6 Å². The number of rotatable bonds is 5. The Labute approximate surface area is 161 Å². The van der Waals surface area contributed by atoms with E-state index in [1.54, 1.807) is 25.3 Å². The zero-order valence-corrected chi connectivity index (χ0v) is 15.9. The lowest BCUT2D eigenvalue weighted by molar-refractivity contribution is -0.114. The molecule has 28 heavy (non-hydrogen) atoms. The molecule has 0 saturated carbocycles. The average molecular weight is 392 g/mol. The van der Waals surface area contributed by atoms with Gasteiger partial charge in [-0.15, -0.1) is 0 Å². The number of pyridine rings is 1. The Morgan fingerprint density at radius 2 is 1.93 bits per heavy atom. The van der Waals surface area contributed by atoms with Crippen molar-refractivity contribution in [3.05, 3.63) is 29.8 Å². The van der Waals surface area contributed by atoms with Crippen LogP contribution in [0.15, 0.2) is 18.3 Å². The number of anilines is 4. The van der Waals surface area contributed by atoms with Crippen LogP contribution in [-0.2, 0) is 15.5 Å². The molecule has 1 saturated heterocycles. The second kappa shape index (κ2) is 8.01. The van der Waals surface area contributed by atoms with Crippen molar-refractivity contribution in [2.75, 3.05) is 41.8 Å². The second-order valence-electron chi connectivity index (χ2n) is 6.60. The number of hydrogen-bond acceptors (Lipinski definition) is 7. The van der Waals surface area contributed by atoms with Gasteiger partial charge in [-0.05, 0) is 6.92 Å². The molecule has 0 bridgehead atoms. The number of aromatic nitrogens is 3. The number of alkyl halides is 2. The number of carbonyl (C=O) groups is 1. The van der Waals surface area contributed by atoms with Gasteiger partial charge in [-0.2, -0.15) is 8.78 Å². The smallest absolute Gasteiger partial charge is 0.303 e. The summed E-state index contributed by atoms with van der Waals surface area (Å²) >= 11 is 0. The van der Waals surface area contributed by atoms with Crippen molar-refractivity contribution in [1.82, 2.24) is 15.0 Å². The summed E-state index contributed by atoms with van der Waals surface area (Å²) in [6, 6.07) is 3.23. The van der Waals surface area contributed by atoms with Crippen molar-refractivity contribution >= 4 is 28.9 Å². The van der Waals surface area contributed by atoms with Crippen molar-refractivity contribution in [1.29, 1.82) is 0 Å². The molecule has 3 heterocycles. The molecule has 0 atom stereocenters. The predicted molar refractivity (Wildman–Crippen MR) is 101 cm³/mol. The zero-order chi connectivity index (χ0) is 20.3. The first-order valence-electron chi connectivity index (χ1n) is 8.84. The van der Waals surface area contributed by atoms with Crippen LogP contribution in [0.1, 0.15) is 25.4 Å². The number of morpholine rings is 1. The third-order valence-corrected chi connectivity index (χ3v) is 4.05. The predicted octanol–water partition coefficient (Wildman–Crippen LogP) is 2.83. The summed E-state index contributed by atoms with van der Waals surface area (Å²) < 4.78 is 32.8. The molecule has 0 spiro atoms. The number of halogens is 2. The Morgan fingerprint density at radius 3 is 2.57 bits per heavy atom. The highest BCUT2D eigenvalue weighted by molar-refractivity contribution is 5.89. The minimum atomic E-state index is -3.16. The van der Waals surface area contributed by atoms with E-state index in [1.807, 2.05) is 0 Å². The van der Waals surface area contributed by atoms with E-state index >= 15 is 0 Å². The molecule has 3 rings (SSSR count). The van der Waals surface area contributed by atoms with Gasteiger partial charge in [0.1, 0.15) is 11.6 Å². The number of nitrogens with one attached hydrogen (secondary N) is 2. The molecule has 1 fully saturated rings. The lowest BCUT2D eigenvalue weighted by atomic mass is 10.2. The van der Waals surface area contributed by atoms with E-state index < -0.39 is 11.7 Å². The van der Waals surface area contributed by atoms with Crippen molar-refractivity contribution in [2.24, 2.45) is 0 Å². The van der Waals surface area contributed by atoms with E-state index in [0.29, 0.717) is 43.5 Å². The van der Waals surface area contributed by atoms with Gasteiger partial charge in [0.05, 0.1) is 30.8 Å². The lowest BCUT2D eigenvalue weighted by Crippen LogP contribution is -2.36. The van der Waals surface area contributed by atoms with E-state index in [9.17, 15) is 13.6 Å². The molecular formula is C18H22F2N6O2. The summed E-state index contributed by atoms with van der Waals surface area (Å²) in [4.78, 5) is 25.5. The SMILES string of the molecule is CC(=O)Nc1cc(Nc2cc(C)nc(C(C)(F)F)n2)c(N2CCOCC2)cn1. The third-order valence-electron chi connectivity index (χ3n) is 4.05. The van der Waals surface area contributed by atoms with Crippen LogP contribution in [0.4, 0.5) is 31.8 Å². The number of hydrogen-bond donors (Lipinski definition) is 2. The summed E-state index contributed by atoms with van der Waals surface area (Å²) in [5.74, 6) is -3.39. The summed E-state index contributed by atoms with van der Waals surface area (Å²) in [7, 11) is 0. The van der Waals surface area contributed by atoms with E-state index in [1.165, 1.54) is 6.92 Å². The number of aryl methyl sites for hydroxylation is 1. The highest BCUT2D eigenvalue weighted by Gasteiger charge is 2.29. The summed E-state index contributed by atoms with van der Waals surface area (Å²) in [5, 5.41) is 5.70. The minimum Gasteiger partial charge on any atom is -0.378 e. The monoisotopic (exact) mass is 392 g/mol. The number of nitrogens with zero attached hydrogens (tertiary/aromatic N) is 4. The number of amides is 1. The van der Waals surface area contributed by atoms with Crippen molar-refractivity contribution in [3.63, 3.8) is 0 Å². The van der Waals surface area contributed by atoms with Crippen LogP contribution in [0.3, 0.4) is 0 Å².